The number of rotatable bonds is 5. The number of fused-ring (bicyclic) bond motifs is 1. The maximum atomic E-state index is 5.80. The minimum absolute atomic E-state index is 0.253. The molecule has 112 valence electrons. The van der Waals surface area contributed by atoms with E-state index in [1.807, 2.05) is 6.20 Å². The van der Waals surface area contributed by atoms with Crippen molar-refractivity contribution < 1.29 is 4.74 Å². The minimum Gasteiger partial charge on any atom is -0.489 e. The van der Waals surface area contributed by atoms with E-state index in [2.05, 4.69) is 47.7 Å². The lowest BCUT2D eigenvalue weighted by Gasteiger charge is -2.22. The highest BCUT2D eigenvalue weighted by molar-refractivity contribution is 7.11. The topological polar surface area (TPSA) is 46.2 Å². The van der Waals surface area contributed by atoms with Gasteiger partial charge in [0, 0.05) is 29.7 Å². The van der Waals surface area contributed by atoms with Gasteiger partial charge in [-0.15, -0.1) is 11.3 Å². The molecule has 1 atom stereocenters. The van der Waals surface area contributed by atoms with Crippen LogP contribution in [-0.2, 0) is 13.0 Å². The van der Waals surface area contributed by atoms with Gasteiger partial charge in [-0.1, -0.05) is 19.1 Å². The van der Waals surface area contributed by atoms with Crippen LogP contribution in [0.5, 0.6) is 5.75 Å². The number of thiazole rings is 1. The highest BCUT2D eigenvalue weighted by Gasteiger charge is 2.15. The molecule has 0 spiro atoms. The summed E-state index contributed by atoms with van der Waals surface area (Å²) in [5.41, 5.74) is 2.29. The predicted molar refractivity (Wildman–Crippen MR) is 87.2 cm³/mol. The molecular weight excluding hydrogens is 282 g/mol. The Morgan fingerprint density at radius 3 is 3.19 bits per heavy atom. The average molecular weight is 303 g/mol. The monoisotopic (exact) mass is 303 g/mol. The summed E-state index contributed by atoms with van der Waals surface area (Å²) >= 11 is 1.79. The smallest absolute Gasteiger partial charge is 0.146 e. The van der Waals surface area contributed by atoms with Crippen LogP contribution in [0.1, 0.15) is 35.3 Å². The van der Waals surface area contributed by atoms with Gasteiger partial charge in [0.1, 0.15) is 17.4 Å². The first-order valence-corrected chi connectivity index (χ1v) is 8.26. The first kappa shape index (κ1) is 14.4. The fourth-order valence-electron chi connectivity index (χ4n) is 2.41. The van der Waals surface area contributed by atoms with Crippen molar-refractivity contribution in [2.45, 2.75) is 32.9 Å². The Hall–Kier alpha value is -1.59. The van der Waals surface area contributed by atoms with Crippen molar-refractivity contribution in [3.8, 4) is 5.75 Å². The maximum Gasteiger partial charge on any atom is 0.146 e. The second kappa shape index (κ2) is 6.45. The summed E-state index contributed by atoms with van der Waals surface area (Å²) in [5.74, 6) is 0.983. The van der Waals surface area contributed by atoms with E-state index in [-0.39, 0.29) is 6.04 Å². The van der Waals surface area contributed by atoms with Crippen LogP contribution < -0.4 is 15.4 Å². The highest BCUT2D eigenvalue weighted by atomic mass is 32.1. The Bertz CT molecular complexity index is 611. The van der Waals surface area contributed by atoms with Crippen LogP contribution in [-0.4, -0.2) is 18.1 Å². The van der Waals surface area contributed by atoms with Gasteiger partial charge in [-0.25, -0.2) is 4.98 Å². The Labute approximate surface area is 129 Å². The molecule has 21 heavy (non-hydrogen) atoms. The third-order valence-corrected chi connectivity index (χ3v) is 4.97. The van der Waals surface area contributed by atoms with Crippen LogP contribution in [0, 0.1) is 0 Å². The maximum absolute atomic E-state index is 5.80. The summed E-state index contributed by atoms with van der Waals surface area (Å²) < 4.78 is 5.80. The van der Waals surface area contributed by atoms with Gasteiger partial charge in [0.05, 0.1) is 11.7 Å². The molecule has 0 amide bonds. The molecule has 2 heterocycles. The lowest BCUT2D eigenvalue weighted by Crippen LogP contribution is -2.22. The number of hydrogen-bond donors (Lipinski definition) is 2. The Morgan fingerprint density at radius 2 is 2.38 bits per heavy atom. The van der Waals surface area contributed by atoms with Gasteiger partial charge in [0.25, 0.3) is 0 Å². The van der Waals surface area contributed by atoms with Crippen molar-refractivity contribution in [2.24, 2.45) is 0 Å². The number of hydrogen-bond acceptors (Lipinski definition) is 5. The number of benzene rings is 1. The van der Waals surface area contributed by atoms with E-state index in [0.717, 1.165) is 42.6 Å². The van der Waals surface area contributed by atoms with E-state index in [1.54, 1.807) is 11.3 Å². The van der Waals surface area contributed by atoms with Gasteiger partial charge in [0.2, 0.25) is 0 Å². The van der Waals surface area contributed by atoms with Crippen LogP contribution in [0.2, 0.25) is 0 Å². The average Bonchev–Trinajstić information content (AvgIpc) is 3.01. The van der Waals surface area contributed by atoms with Crippen molar-refractivity contribution in [1.29, 1.82) is 0 Å². The van der Waals surface area contributed by atoms with Crippen molar-refractivity contribution in [3.05, 3.63) is 39.8 Å². The Balaban J connectivity index is 1.67. The first-order valence-electron chi connectivity index (χ1n) is 7.44. The van der Waals surface area contributed by atoms with E-state index in [4.69, 9.17) is 4.74 Å². The van der Waals surface area contributed by atoms with Crippen molar-refractivity contribution in [2.75, 3.05) is 18.5 Å². The van der Waals surface area contributed by atoms with E-state index in [1.165, 1.54) is 10.4 Å². The summed E-state index contributed by atoms with van der Waals surface area (Å²) in [7, 11) is 0. The van der Waals surface area contributed by atoms with Crippen LogP contribution in [0.4, 0.5) is 5.69 Å². The predicted octanol–water partition coefficient (Wildman–Crippen LogP) is 3.36. The molecule has 1 aliphatic heterocycles. The number of ether oxygens (including phenoxy) is 1. The lowest BCUT2D eigenvalue weighted by molar-refractivity contribution is 0.318. The number of para-hydroxylation sites is 1. The van der Waals surface area contributed by atoms with Crippen molar-refractivity contribution in [1.82, 2.24) is 10.3 Å². The fraction of sp³-hybridized carbons (Fsp3) is 0.438. The molecule has 1 aromatic heterocycles. The molecule has 1 aromatic carbocycles. The number of nitrogens with zero attached hydrogens (tertiary/aromatic N) is 1. The molecule has 5 heteroatoms. The van der Waals surface area contributed by atoms with Crippen molar-refractivity contribution in [3.63, 3.8) is 0 Å². The molecule has 0 aliphatic carbocycles. The van der Waals surface area contributed by atoms with E-state index in [0.29, 0.717) is 0 Å². The molecule has 0 fully saturated rings. The second-order valence-corrected chi connectivity index (χ2v) is 6.34. The molecule has 2 aromatic rings. The molecule has 0 radical (unpaired) electrons. The zero-order valence-electron chi connectivity index (χ0n) is 12.5. The van der Waals surface area contributed by atoms with Gasteiger partial charge in [0.15, 0.2) is 0 Å². The van der Waals surface area contributed by atoms with Crippen LogP contribution in [0.15, 0.2) is 24.4 Å². The van der Waals surface area contributed by atoms with Gasteiger partial charge in [-0.2, -0.15) is 0 Å². The Kier molecular flexibility index (Phi) is 4.41. The van der Waals surface area contributed by atoms with Gasteiger partial charge >= 0.3 is 0 Å². The third kappa shape index (κ3) is 3.19. The Morgan fingerprint density at radius 1 is 1.48 bits per heavy atom. The van der Waals surface area contributed by atoms with Gasteiger partial charge in [-0.05, 0) is 19.4 Å². The quantitative estimate of drug-likeness (QED) is 0.889. The van der Waals surface area contributed by atoms with E-state index in [9.17, 15) is 0 Å². The molecule has 3 rings (SSSR count). The molecule has 1 aliphatic rings. The number of nitrogens with one attached hydrogen (secondary N) is 2. The standard InChI is InChI=1S/C16H21N3OS/c1-3-13-10-19-16(21-13)11(2)18-9-12-5-4-6-14-15(12)20-8-7-17-14/h4-6,10-11,17-18H,3,7-9H2,1-2H3. The first-order chi connectivity index (χ1) is 10.3. The fourth-order valence-corrected chi connectivity index (χ4v) is 3.29. The summed E-state index contributed by atoms with van der Waals surface area (Å²) in [6.45, 7) is 6.71. The molecule has 2 N–H and O–H groups in total. The normalized spacial score (nSPS) is 15.0. The number of aromatic nitrogens is 1. The van der Waals surface area contributed by atoms with Gasteiger partial charge in [-0.3, -0.25) is 0 Å². The SMILES string of the molecule is CCc1cnc(C(C)NCc2cccc3c2OCCN3)s1. The molecule has 0 saturated heterocycles. The van der Waals surface area contributed by atoms with Crippen LogP contribution >= 0.6 is 11.3 Å². The minimum atomic E-state index is 0.253. The molecule has 4 nitrogen and oxygen atoms in total. The highest BCUT2D eigenvalue weighted by Crippen LogP contribution is 2.31. The zero-order valence-corrected chi connectivity index (χ0v) is 13.3. The zero-order chi connectivity index (χ0) is 14.7. The van der Waals surface area contributed by atoms with Gasteiger partial charge < -0.3 is 15.4 Å². The lowest BCUT2D eigenvalue weighted by atomic mass is 10.1. The van der Waals surface area contributed by atoms with E-state index < -0.39 is 0 Å². The summed E-state index contributed by atoms with van der Waals surface area (Å²) in [5, 5.41) is 8.06. The van der Waals surface area contributed by atoms with Crippen molar-refractivity contribution >= 4 is 17.0 Å². The summed E-state index contributed by atoms with van der Waals surface area (Å²) in [6, 6.07) is 6.50. The van der Waals surface area contributed by atoms with Crippen LogP contribution in [0.3, 0.4) is 0 Å². The number of anilines is 1. The molecule has 1 unspecified atom stereocenters. The summed E-state index contributed by atoms with van der Waals surface area (Å²) in [6.07, 6.45) is 3.03. The van der Waals surface area contributed by atoms with E-state index >= 15 is 0 Å². The summed E-state index contributed by atoms with van der Waals surface area (Å²) in [4.78, 5) is 5.84. The van der Waals surface area contributed by atoms with Crippen LogP contribution in [0.25, 0.3) is 0 Å². The third-order valence-electron chi connectivity index (χ3n) is 3.65. The largest absolute Gasteiger partial charge is 0.489 e. The second-order valence-electron chi connectivity index (χ2n) is 5.19. The number of aryl methyl sites for hydroxylation is 1. The molecule has 0 bridgehead atoms. The molecular formula is C16H21N3OS. The molecule has 0 saturated carbocycles.